The molecular weight excluding hydrogens is 484 g/mol. The summed E-state index contributed by atoms with van der Waals surface area (Å²) in [7, 11) is 0. The number of aromatic nitrogens is 1. The Morgan fingerprint density at radius 3 is 2.68 bits per heavy atom. The van der Waals surface area contributed by atoms with Gasteiger partial charge in [-0.2, -0.15) is 0 Å². The summed E-state index contributed by atoms with van der Waals surface area (Å²) < 4.78 is 0. The normalized spacial score (nSPS) is 21.1. The highest BCUT2D eigenvalue weighted by Gasteiger charge is 2.34. The van der Waals surface area contributed by atoms with Gasteiger partial charge in [-0.05, 0) is 69.3 Å². The number of carbonyl (C=O) groups excluding carboxylic acids is 2. The summed E-state index contributed by atoms with van der Waals surface area (Å²) in [5.41, 5.74) is 2.92. The number of nitrogens with zero attached hydrogens (tertiary/aromatic N) is 2. The number of aryl methyl sites for hydroxylation is 1. The maximum absolute atomic E-state index is 13.5. The van der Waals surface area contributed by atoms with Gasteiger partial charge in [-0.3, -0.25) is 9.59 Å². The first-order valence-corrected chi connectivity index (χ1v) is 14.0. The molecule has 0 bridgehead atoms. The second-order valence-electron chi connectivity index (χ2n) is 10.0. The van der Waals surface area contributed by atoms with E-state index in [1.165, 1.54) is 0 Å². The van der Waals surface area contributed by atoms with Crippen LogP contribution in [0.4, 0.5) is 0 Å². The molecule has 2 saturated heterocycles. The van der Waals surface area contributed by atoms with Gasteiger partial charge < -0.3 is 20.6 Å². The molecule has 0 radical (unpaired) electrons. The van der Waals surface area contributed by atoms with Crippen LogP contribution in [-0.2, 0) is 6.42 Å². The van der Waals surface area contributed by atoms with Crippen LogP contribution in [0.3, 0.4) is 0 Å². The van der Waals surface area contributed by atoms with Gasteiger partial charge in [-0.25, -0.2) is 4.98 Å². The number of benzene rings is 2. The molecule has 8 heteroatoms. The lowest BCUT2D eigenvalue weighted by atomic mass is 9.95. The van der Waals surface area contributed by atoms with Crippen LogP contribution in [0.1, 0.15) is 68.7 Å². The maximum Gasteiger partial charge on any atom is 0.254 e. The number of aliphatic hydroxyl groups excluding tert-OH is 1. The predicted molar refractivity (Wildman–Crippen MR) is 145 cm³/mol. The molecule has 2 unspecified atom stereocenters. The van der Waals surface area contributed by atoms with Gasteiger partial charge in [0.25, 0.3) is 11.8 Å². The van der Waals surface area contributed by atoms with E-state index in [2.05, 4.69) is 15.6 Å². The molecule has 2 amide bonds. The molecule has 2 aliphatic heterocycles. The van der Waals surface area contributed by atoms with Crippen LogP contribution < -0.4 is 10.6 Å². The summed E-state index contributed by atoms with van der Waals surface area (Å²) in [4.78, 5) is 33.3. The van der Waals surface area contributed by atoms with Gasteiger partial charge in [0.05, 0.1) is 18.2 Å². The van der Waals surface area contributed by atoms with Gasteiger partial charge >= 0.3 is 0 Å². The van der Waals surface area contributed by atoms with E-state index >= 15 is 0 Å². The molecule has 194 valence electrons. The molecule has 0 spiro atoms. The van der Waals surface area contributed by atoms with E-state index in [0.717, 1.165) is 48.5 Å². The largest absolute Gasteiger partial charge is 0.389 e. The second kappa shape index (κ2) is 11.5. The lowest BCUT2D eigenvalue weighted by Crippen LogP contribution is -2.52. The number of nitrogens with one attached hydrogen (secondary N) is 2. The van der Waals surface area contributed by atoms with Crippen molar-refractivity contribution in [2.45, 2.75) is 63.3 Å². The minimum atomic E-state index is -0.719. The van der Waals surface area contributed by atoms with Gasteiger partial charge in [0.2, 0.25) is 0 Å². The molecule has 2 fully saturated rings. The standard InChI is InChI=1S/C29H34N4O3S/c1-19-18-37-28(31-19)25-13-7-15-33(25)29(36)22-11-5-10-21(17-22)27(35)32-24(16-20-8-3-2-4-9-20)26(34)23-12-6-14-30-23/h2-5,8-11,17-18,23-26,30,34H,6-7,12-16H2,1H3,(H,32,35)/t23?,24-,25?,26-/m0/s1. The fourth-order valence-electron chi connectivity index (χ4n) is 5.41. The Morgan fingerprint density at radius 1 is 1.14 bits per heavy atom. The van der Waals surface area contributed by atoms with E-state index in [4.69, 9.17) is 0 Å². The zero-order chi connectivity index (χ0) is 25.8. The third-order valence-corrected chi connectivity index (χ3v) is 8.41. The van der Waals surface area contributed by atoms with Gasteiger partial charge in [-0.15, -0.1) is 11.3 Å². The first kappa shape index (κ1) is 25.6. The van der Waals surface area contributed by atoms with Crippen LogP contribution in [0.2, 0.25) is 0 Å². The van der Waals surface area contributed by atoms with E-state index in [1.54, 1.807) is 35.6 Å². The number of hydrogen-bond acceptors (Lipinski definition) is 6. The minimum Gasteiger partial charge on any atom is -0.389 e. The molecule has 37 heavy (non-hydrogen) atoms. The zero-order valence-corrected chi connectivity index (χ0v) is 21.9. The van der Waals surface area contributed by atoms with E-state index in [-0.39, 0.29) is 23.9 Å². The molecule has 3 aromatic rings. The Kier molecular flexibility index (Phi) is 7.98. The summed E-state index contributed by atoms with van der Waals surface area (Å²) in [6.45, 7) is 3.52. The second-order valence-corrected chi connectivity index (χ2v) is 10.9. The average molecular weight is 519 g/mol. The van der Waals surface area contributed by atoms with Crippen molar-refractivity contribution < 1.29 is 14.7 Å². The fraction of sp³-hybridized carbons (Fsp3) is 0.414. The fourth-order valence-corrected chi connectivity index (χ4v) is 6.35. The van der Waals surface area contributed by atoms with E-state index in [0.29, 0.717) is 24.1 Å². The Morgan fingerprint density at radius 2 is 1.95 bits per heavy atom. The monoisotopic (exact) mass is 518 g/mol. The van der Waals surface area contributed by atoms with Crippen molar-refractivity contribution in [1.82, 2.24) is 20.5 Å². The quantitative estimate of drug-likeness (QED) is 0.421. The first-order chi connectivity index (χ1) is 18.0. The van der Waals surface area contributed by atoms with Crippen molar-refractivity contribution >= 4 is 23.2 Å². The summed E-state index contributed by atoms with van der Waals surface area (Å²) in [6, 6.07) is 16.3. The summed E-state index contributed by atoms with van der Waals surface area (Å²) in [6.07, 6.45) is 3.52. The van der Waals surface area contributed by atoms with Crippen LogP contribution >= 0.6 is 11.3 Å². The van der Waals surface area contributed by atoms with Crippen LogP contribution in [0.25, 0.3) is 0 Å². The van der Waals surface area contributed by atoms with E-state index in [1.807, 2.05) is 47.5 Å². The van der Waals surface area contributed by atoms with Crippen LogP contribution in [-0.4, -0.2) is 58.1 Å². The Labute approximate surface area is 221 Å². The predicted octanol–water partition coefficient (Wildman–Crippen LogP) is 3.88. The Hall–Kier alpha value is -3.07. The molecule has 2 aliphatic rings. The molecular formula is C29H34N4O3S. The van der Waals surface area contributed by atoms with Crippen molar-refractivity contribution in [3.63, 3.8) is 0 Å². The van der Waals surface area contributed by atoms with Crippen molar-refractivity contribution in [1.29, 1.82) is 0 Å². The zero-order valence-electron chi connectivity index (χ0n) is 21.1. The van der Waals surface area contributed by atoms with Gasteiger partial charge in [0, 0.05) is 34.8 Å². The first-order valence-electron chi connectivity index (χ1n) is 13.1. The van der Waals surface area contributed by atoms with Crippen LogP contribution in [0, 0.1) is 6.92 Å². The van der Waals surface area contributed by atoms with E-state index < -0.39 is 12.1 Å². The highest BCUT2D eigenvalue weighted by Crippen LogP contribution is 2.34. The van der Waals surface area contributed by atoms with Crippen molar-refractivity contribution in [2.24, 2.45) is 0 Å². The molecule has 0 saturated carbocycles. The highest BCUT2D eigenvalue weighted by molar-refractivity contribution is 7.09. The van der Waals surface area contributed by atoms with Gasteiger partial charge in [0.1, 0.15) is 5.01 Å². The van der Waals surface area contributed by atoms with Crippen molar-refractivity contribution in [2.75, 3.05) is 13.1 Å². The summed E-state index contributed by atoms with van der Waals surface area (Å²) in [5, 5.41) is 20.6. The minimum absolute atomic E-state index is 0.0204. The molecule has 4 atom stereocenters. The molecule has 2 aromatic carbocycles. The SMILES string of the molecule is Cc1csc(C2CCCN2C(=O)c2cccc(C(=O)N[C@@H](Cc3ccccc3)[C@@H](O)C3CCCN3)c2)n1. The molecule has 0 aliphatic carbocycles. The number of rotatable bonds is 8. The van der Waals surface area contributed by atoms with Crippen LogP contribution in [0.5, 0.6) is 0 Å². The molecule has 5 rings (SSSR count). The Balaban J connectivity index is 1.32. The van der Waals surface area contributed by atoms with Gasteiger partial charge in [0.15, 0.2) is 0 Å². The Bertz CT molecular complexity index is 1220. The lowest BCUT2D eigenvalue weighted by molar-refractivity contribution is 0.0733. The number of hydrogen-bond donors (Lipinski definition) is 3. The highest BCUT2D eigenvalue weighted by atomic mass is 32.1. The van der Waals surface area contributed by atoms with E-state index in [9.17, 15) is 14.7 Å². The summed E-state index contributed by atoms with van der Waals surface area (Å²) >= 11 is 1.59. The number of aliphatic hydroxyl groups is 1. The van der Waals surface area contributed by atoms with Gasteiger partial charge in [-0.1, -0.05) is 36.4 Å². The molecule has 3 heterocycles. The topological polar surface area (TPSA) is 94.6 Å². The summed E-state index contributed by atoms with van der Waals surface area (Å²) in [5.74, 6) is -0.373. The lowest BCUT2D eigenvalue weighted by Gasteiger charge is -2.29. The maximum atomic E-state index is 13.5. The van der Waals surface area contributed by atoms with Crippen molar-refractivity contribution in [3.8, 4) is 0 Å². The third kappa shape index (κ3) is 5.92. The molecule has 3 N–H and O–H groups in total. The van der Waals surface area contributed by atoms with Crippen molar-refractivity contribution in [3.05, 3.63) is 87.4 Å². The van der Waals surface area contributed by atoms with Crippen LogP contribution in [0.15, 0.2) is 60.0 Å². The number of thiazole rings is 1. The molecule has 7 nitrogen and oxygen atoms in total. The smallest absolute Gasteiger partial charge is 0.254 e. The number of carbonyl (C=O) groups is 2. The number of amides is 2. The third-order valence-electron chi connectivity index (χ3n) is 7.35. The number of likely N-dealkylation sites (tertiary alicyclic amines) is 1. The average Bonchev–Trinajstić information content (AvgIpc) is 3.70. The molecule has 1 aromatic heterocycles.